The van der Waals surface area contributed by atoms with E-state index in [-0.39, 0.29) is 12.5 Å². The van der Waals surface area contributed by atoms with Crippen molar-refractivity contribution in [2.75, 3.05) is 12.3 Å². The average molecular weight is 265 g/mol. The van der Waals surface area contributed by atoms with Crippen molar-refractivity contribution in [3.05, 3.63) is 18.0 Å². The van der Waals surface area contributed by atoms with Gasteiger partial charge in [0.2, 0.25) is 0 Å². The molecule has 0 aliphatic heterocycles. The van der Waals surface area contributed by atoms with Gasteiger partial charge < -0.3 is 20.7 Å². The minimum Gasteiger partial charge on any atom is -0.397 e. The average Bonchev–Trinajstić information content (AvgIpc) is 3.19. The predicted octanol–water partition coefficient (Wildman–Crippen LogP) is 1.69. The minimum atomic E-state index is -0.537. The zero-order chi connectivity index (χ0) is 14.0. The van der Waals surface area contributed by atoms with E-state index in [1.807, 2.05) is 24.6 Å². The standard InChI is InChI=1S/C14H23N3O2/c1-3-14(4-2,9-18)16-13(19)12-7-10(15)8-17(12)11-5-6-11/h7-8,11,18H,3-6,9,15H2,1-2H3,(H,16,19). The van der Waals surface area contributed by atoms with E-state index in [1.54, 1.807) is 6.07 Å². The van der Waals surface area contributed by atoms with Crippen molar-refractivity contribution in [3.63, 3.8) is 0 Å². The van der Waals surface area contributed by atoms with Crippen LogP contribution in [0.3, 0.4) is 0 Å². The third-order valence-corrected chi connectivity index (χ3v) is 4.08. The summed E-state index contributed by atoms with van der Waals surface area (Å²) in [4.78, 5) is 12.4. The second-order valence-electron chi connectivity index (χ2n) is 5.40. The van der Waals surface area contributed by atoms with Crippen LogP contribution in [0.4, 0.5) is 5.69 Å². The first-order valence-electron chi connectivity index (χ1n) is 6.96. The summed E-state index contributed by atoms with van der Waals surface area (Å²) < 4.78 is 1.96. The molecule has 0 radical (unpaired) electrons. The third-order valence-electron chi connectivity index (χ3n) is 4.08. The summed E-state index contributed by atoms with van der Waals surface area (Å²) in [5, 5.41) is 12.5. The zero-order valence-corrected chi connectivity index (χ0v) is 11.6. The van der Waals surface area contributed by atoms with Crippen molar-refractivity contribution in [1.29, 1.82) is 0 Å². The van der Waals surface area contributed by atoms with Crippen molar-refractivity contribution >= 4 is 11.6 Å². The quantitative estimate of drug-likeness (QED) is 0.732. The van der Waals surface area contributed by atoms with Gasteiger partial charge in [-0.2, -0.15) is 0 Å². The number of aromatic nitrogens is 1. The molecule has 0 unspecified atom stereocenters. The number of carbonyl (C=O) groups is 1. The first kappa shape index (κ1) is 13.9. The maximum Gasteiger partial charge on any atom is 0.268 e. The van der Waals surface area contributed by atoms with Crippen molar-refractivity contribution in [2.45, 2.75) is 51.1 Å². The fraction of sp³-hybridized carbons (Fsp3) is 0.643. The molecule has 0 saturated heterocycles. The van der Waals surface area contributed by atoms with Gasteiger partial charge in [0, 0.05) is 12.2 Å². The molecule has 5 heteroatoms. The normalized spacial score (nSPS) is 15.5. The van der Waals surface area contributed by atoms with Gasteiger partial charge in [-0.15, -0.1) is 0 Å². The molecule has 1 amide bonds. The van der Waals surface area contributed by atoms with Crippen LogP contribution in [0.15, 0.2) is 12.3 Å². The summed E-state index contributed by atoms with van der Waals surface area (Å²) in [6.07, 6.45) is 5.42. The summed E-state index contributed by atoms with van der Waals surface area (Å²) in [7, 11) is 0. The number of amides is 1. The summed E-state index contributed by atoms with van der Waals surface area (Å²) >= 11 is 0. The number of carbonyl (C=O) groups excluding carboxylic acids is 1. The Bertz CT molecular complexity index is 451. The molecule has 2 rings (SSSR count). The van der Waals surface area contributed by atoms with Crippen LogP contribution in [0.5, 0.6) is 0 Å². The van der Waals surface area contributed by atoms with E-state index in [2.05, 4.69) is 5.32 Å². The van der Waals surface area contributed by atoms with Crippen LogP contribution in [0, 0.1) is 0 Å². The van der Waals surface area contributed by atoms with Gasteiger partial charge in [0.25, 0.3) is 5.91 Å². The fourth-order valence-corrected chi connectivity index (χ4v) is 2.33. The molecule has 1 heterocycles. The van der Waals surface area contributed by atoms with Crippen LogP contribution in [0.2, 0.25) is 0 Å². The summed E-state index contributed by atoms with van der Waals surface area (Å²) in [5.41, 5.74) is 6.46. The monoisotopic (exact) mass is 265 g/mol. The molecule has 1 aliphatic carbocycles. The van der Waals surface area contributed by atoms with Crippen molar-refractivity contribution in [1.82, 2.24) is 9.88 Å². The van der Waals surface area contributed by atoms with Crippen molar-refractivity contribution < 1.29 is 9.90 Å². The van der Waals surface area contributed by atoms with Crippen molar-refractivity contribution in [2.24, 2.45) is 0 Å². The van der Waals surface area contributed by atoms with Gasteiger partial charge in [0.1, 0.15) is 5.69 Å². The molecule has 5 nitrogen and oxygen atoms in total. The van der Waals surface area contributed by atoms with Crippen LogP contribution in [0.1, 0.15) is 56.1 Å². The highest BCUT2D eigenvalue weighted by Gasteiger charge is 2.31. The van der Waals surface area contributed by atoms with Gasteiger partial charge in [-0.05, 0) is 31.7 Å². The molecule has 0 bridgehead atoms. The molecule has 4 N–H and O–H groups in total. The lowest BCUT2D eigenvalue weighted by Gasteiger charge is -2.30. The van der Waals surface area contributed by atoms with E-state index in [0.717, 1.165) is 12.8 Å². The van der Waals surface area contributed by atoms with Crippen LogP contribution in [-0.4, -0.2) is 27.7 Å². The Morgan fingerprint density at radius 3 is 2.63 bits per heavy atom. The van der Waals surface area contributed by atoms with Gasteiger partial charge >= 0.3 is 0 Å². The van der Waals surface area contributed by atoms with Crippen LogP contribution in [-0.2, 0) is 0 Å². The van der Waals surface area contributed by atoms with E-state index < -0.39 is 5.54 Å². The number of nitrogens with two attached hydrogens (primary N) is 1. The Labute approximate surface area is 113 Å². The molecule has 0 aromatic carbocycles. The number of anilines is 1. The van der Waals surface area contributed by atoms with E-state index in [9.17, 15) is 9.90 Å². The van der Waals surface area contributed by atoms with E-state index >= 15 is 0 Å². The van der Waals surface area contributed by atoms with E-state index in [0.29, 0.717) is 30.3 Å². The van der Waals surface area contributed by atoms with Gasteiger partial charge in [-0.1, -0.05) is 13.8 Å². The molecule has 1 aromatic rings. The number of aliphatic hydroxyl groups excluding tert-OH is 1. The van der Waals surface area contributed by atoms with Gasteiger partial charge in [-0.3, -0.25) is 4.79 Å². The molecule has 1 fully saturated rings. The number of nitrogen functional groups attached to an aromatic ring is 1. The molecule has 1 aromatic heterocycles. The highest BCUT2D eigenvalue weighted by molar-refractivity contribution is 5.94. The lowest BCUT2D eigenvalue weighted by molar-refractivity contribution is 0.0808. The second kappa shape index (κ2) is 5.25. The molecular weight excluding hydrogens is 242 g/mol. The van der Waals surface area contributed by atoms with Crippen LogP contribution < -0.4 is 11.1 Å². The minimum absolute atomic E-state index is 0.0502. The molecule has 0 spiro atoms. The van der Waals surface area contributed by atoms with Crippen LogP contribution >= 0.6 is 0 Å². The molecule has 1 aliphatic rings. The number of hydrogen-bond acceptors (Lipinski definition) is 3. The van der Waals surface area contributed by atoms with Crippen LogP contribution in [0.25, 0.3) is 0 Å². The Balaban J connectivity index is 2.19. The Morgan fingerprint density at radius 1 is 1.53 bits per heavy atom. The second-order valence-corrected chi connectivity index (χ2v) is 5.40. The van der Waals surface area contributed by atoms with Crippen molar-refractivity contribution in [3.8, 4) is 0 Å². The number of aliphatic hydroxyl groups is 1. The Hall–Kier alpha value is -1.49. The molecular formula is C14H23N3O2. The summed E-state index contributed by atoms with van der Waals surface area (Å²) in [5.74, 6) is -0.152. The first-order chi connectivity index (χ1) is 9.05. The third kappa shape index (κ3) is 2.76. The number of nitrogens with zero attached hydrogens (tertiary/aromatic N) is 1. The lowest BCUT2D eigenvalue weighted by Crippen LogP contribution is -2.50. The van der Waals surface area contributed by atoms with Gasteiger partial charge in [0.15, 0.2) is 0 Å². The Kier molecular flexibility index (Phi) is 3.85. The topological polar surface area (TPSA) is 80.3 Å². The predicted molar refractivity (Wildman–Crippen MR) is 75.0 cm³/mol. The summed E-state index contributed by atoms with van der Waals surface area (Å²) in [6, 6.07) is 2.12. The largest absolute Gasteiger partial charge is 0.397 e. The molecule has 0 atom stereocenters. The molecule has 19 heavy (non-hydrogen) atoms. The van der Waals surface area contributed by atoms with Gasteiger partial charge in [0.05, 0.1) is 17.8 Å². The molecule has 106 valence electrons. The SMILES string of the molecule is CCC(CC)(CO)NC(=O)c1cc(N)cn1C1CC1. The van der Waals surface area contributed by atoms with Gasteiger partial charge in [-0.25, -0.2) is 0 Å². The summed E-state index contributed by atoms with van der Waals surface area (Å²) in [6.45, 7) is 3.88. The highest BCUT2D eigenvalue weighted by Crippen LogP contribution is 2.37. The maximum absolute atomic E-state index is 12.4. The number of hydrogen-bond donors (Lipinski definition) is 3. The molecule has 1 saturated carbocycles. The maximum atomic E-state index is 12.4. The Morgan fingerprint density at radius 2 is 2.16 bits per heavy atom. The smallest absolute Gasteiger partial charge is 0.268 e. The zero-order valence-electron chi connectivity index (χ0n) is 11.6. The lowest BCUT2D eigenvalue weighted by atomic mass is 9.93. The fourth-order valence-electron chi connectivity index (χ4n) is 2.33. The van der Waals surface area contributed by atoms with E-state index in [4.69, 9.17) is 5.73 Å². The number of rotatable bonds is 6. The number of nitrogens with one attached hydrogen (secondary N) is 1. The first-order valence-corrected chi connectivity index (χ1v) is 6.96. The highest BCUT2D eigenvalue weighted by atomic mass is 16.3. The van der Waals surface area contributed by atoms with E-state index in [1.165, 1.54) is 0 Å².